The Balaban J connectivity index is 2.16. The number of hydrogen-bond acceptors (Lipinski definition) is 5. The zero-order valence-electron chi connectivity index (χ0n) is 10.9. The monoisotopic (exact) mass is 304 g/mol. The van der Waals surface area contributed by atoms with E-state index in [1.807, 2.05) is 0 Å². The summed E-state index contributed by atoms with van der Waals surface area (Å²) in [5, 5.41) is 2.38. The second-order valence-electron chi connectivity index (χ2n) is 4.47. The van der Waals surface area contributed by atoms with Crippen LogP contribution in [0.4, 0.5) is 17.1 Å². The van der Waals surface area contributed by atoms with E-state index >= 15 is 0 Å². The summed E-state index contributed by atoms with van der Waals surface area (Å²) in [6.07, 6.45) is 1.35. The minimum absolute atomic E-state index is 0.0426. The molecule has 108 valence electrons. The Morgan fingerprint density at radius 3 is 2.71 bits per heavy atom. The predicted molar refractivity (Wildman–Crippen MR) is 78.3 cm³/mol. The predicted octanol–water partition coefficient (Wildman–Crippen LogP) is 0.811. The third-order valence-electron chi connectivity index (χ3n) is 3.07. The van der Waals surface area contributed by atoms with Gasteiger partial charge in [-0.25, -0.2) is 4.98 Å². The molecule has 0 atom stereocenters. The number of pyridine rings is 1. The first-order valence-electron chi connectivity index (χ1n) is 6.12. The molecule has 0 bridgehead atoms. The fourth-order valence-corrected chi connectivity index (χ4v) is 3.61. The number of hydrogen-bond donors (Lipinski definition) is 2. The number of benzene rings is 1. The molecule has 0 saturated carbocycles. The number of amides is 1. The molecule has 21 heavy (non-hydrogen) atoms. The van der Waals surface area contributed by atoms with Crippen LogP contribution in [0, 0.1) is 0 Å². The number of anilines is 3. The lowest BCUT2D eigenvalue weighted by atomic mass is 10.2. The smallest absolute Gasteiger partial charge is 0.284 e. The number of rotatable bonds is 2. The number of nitrogens with zero attached hydrogens (tertiary/aromatic N) is 2. The van der Waals surface area contributed by atoms with Gasteiger partial charge in [0, 0.05) is 6.20 Å². The van der Waals surface area contributed by atoms with E-state index in [0.717, 1.165) is 4.31 Å². The van der Waals surface area contributed by atoms with Gasteiger partial charge in [-0.3, -0.25) is 9.10 Å². The molecule has 2 heterocycles. The molecule has 0 radical (unpaired) electrons. The first-order valence-corrected chi connectivity index (χ1v) is 7.56. The number of carbonyl (C=O) groups is 1. The van der Waals surface area contributed by atoms with Crippen molar-refractivity contribution in [3.05, 3.63) is 42.6 Å². The molecule has 1 aromatic carbocycles. The van der Waals surface area contributed by atoms with E-state index in [4.69, 9.17) is 5.73 Å². The van der Waals surface area contributed by atoms with E-state index in [1.54, 1.807) is 30.3 Å². The second-order valence-corrected chi connectivity index (χ2v) is 6.25. The highest BCUT2D eigenvalue weighted by atomic mass is 32.2. The van der Waals surface area contributed by atoms with Crippen molar-refractivity contribution in [2.24, 2.45) is 0 Å². The molecule has 1 amide bonds. The molecule has 1 aromatic heterocycles. The number of carbonyl (C=O) groups excluding carboxylic acids is 1. The lowest BCUT2D eigenvalue weighted by Gasteiger charge is -2.29. The first kappa shape index (κ1) is 13.4. The molecule has 0 aliphatic carbocycles. The fraction of sp³-hybridized carbons (Fsp3) is 0.0769. The molecule has 3 rings (SSSR count). The Morgan fingerprint density at radius 1 is 1.19 bits per heavy atom. The zero-order valence-corrected chi connectivity index (χ0v) is 11.7. The van der Waals surface area contributed by atoms with Gasteiger partial charge in [0.1, 0.15) is 6.54 Å². The maximum Gasteiger partial charge on any atom is 0.284 e. The maximum atomic E-state index is 12.7. The number of nitrogens with two attached hydrogens (primary N) is 1. The van der Waals surface area contributed by atoms with Gasteiger partial charge in [-0.2, -0.15) is 8.42 Å². The van der Waals surface area contributed by atoms with Crippen molar-refractivity contribution in [1.82, 2.24) is 4.98 Å². The van der Waals surface area contributed by atoms with E-state index < -0.39 is 15.9 Å². The largest absolute Gasteiger partial charge is 0.396 e. The van der Waals surface area contributed by atoms with Crippen molar-refractivity contribution < 1.29 is 13.2 Å². The molecular formula is C13H12N4O3S. The van der Waals surface area contributed by atoms with Gasteiger partial charge >= 0.3 is 0 Å². The quantitative estimate of drug-likeness (QED) is 0.854. The van der Waals surface area contributed by atoms with Crippen molar-refractivity contribution in [1.29, 1.82) is 0 Å². The third-order valence-corrected chi connectivity index (χ3v) is 4.80. The van der Waals surface area contributed by atoms with Gasteiger partial charge in [0.05, 0.1) is 17.1 Å². The summed E-state index contributed by atoms with van der Waals surface area (Å²) in [6, 6.07) is 9.66. The Hall–Kier alpha value is -2.61. The van der Waals surface area contributed by atoms with Gasteiger partial charge in [0.15, 0.2) is 5.03 Å². The van der Waals surface area contributed by atoms with Gasteiger partial charge in [0.25, 0.3) is 10.0 Å². The summed E-state index contributed by atoms with van der Waals surface area (Å²) in [7, 11) is -4.00. The van der Waals surface area contributed by atoms with Crippen LogP contribution in [0.3, 0.4) is 0 Å². The van der Waals surface area contributed by atoms with Gasteiger partial charge in [-0.15, -0.1) is 0 Å². The van der Waals surface area contributed by atoms with Gasteiger partial charge < -0.3 is 11.1 Å². The lowest BCUT2D eigenvalue weighted by molar-refractivity contribution is -0.115. The molecule has 1 aliphatic rings. The van der Waals surface area contributed by atoms with Crippen molar-refractivity contribution in [3.63, 3.8) is 0 Å². The van der Waals surface area contributed by atoms with Crippen LogP contribution in [0.15, 0.2) is 47.6 Å². The molecule has 2 aromatic rings. The van der Waals surface area contributed by atoms with E-state index in [2.05, 4.69) is 10.3 Å². The van der Waals surface area contributed by atoms with Crippen molar-refractivity contribution >= 4 is 33.0 Å². The number of sulfonamides is 1. The van der Waals surface area contributed by atoms with E-state index in [9.17, 15) is 13.2 Å². The average molecular weight is 304 g/mol. The van der Waals surface area contributed by atoms with Crippen molar-refractivity contribution in [2.75, 3.05) is 21.9 Å². The van der Waals surface area contributed by atoms with E-state index in [-0.39, 0.29) is 17.3 Å². The highest BCUT2D eigenvalue weighted by molar-refractivity contribution is 7.93. The van der Waals surface area contributed by atoms with E-state index in [1.165, 1.54) is 12.3 Å². The first-order chi connectivity index (χ1) is 10.00. The fourth-order valence-electron chi connectivity index (χ4n) is 2.14. The zero-order chi connectivity index (χ0) is 15.0. The Kier molecular flexibility index (Phi) is 3.02. The highest BCUT2D eigenvalue weighted by Crippen LogP contribution is 2.33. The summed E-state index contributed by atoms with van der Waals surface area (Å²) >= 11 is 0. The molecule has 0 saturated heterocycles. The summed E-state index contributed by atoms with van der Waals surface area (Å²) in [4.78, 5) is 15.6. The number of nitrogens with one attached hydrogen (secondary N) is 1. The van der Waals surface area contributed by atoms with Crippen LogP contribution in [0.25, 0.3) is 0 Å². The molecule has 8 heteroatoms. The third kappa shape index (κ3) is 2.19. The van der Waals surface area contributed by atoms with Gasteiger partial charge in [0.2, 0.25) is 5.91 Å². The van der Waals surface area contributed by atoms with Crippen LogP contribution < -0.4 is 15.4 Å². The van der Waals surface area contributed by atoms with Crippen LogP contribution in [0.1, 0.15) is 0 Å². The van der Waals surface area contributed by atoms with Crippen LogP contribution in [-0.4, -0.2) is 25.9 Å². The summed E-state index contributed by atoms with van der Waals surface area (Å²) in [5.41, 5.74) is 6.57. The molecule has 0 spiro atoms. The Bertz CT molecular complexity index is 820. The normalized spacial score (nSPS) is 14.5. The molecule has 1 aliphatic heterocycles. The standard InChI is InChI=1S/C13H12N4O3S/c14-9-4-3-7-15-13(9)21(19,20)17-8-12(18)16-10-5-1-2-6-11(10)17/h1-7H,8,14H2,(H,16,18). The highest BCUT2D eigenvalue weighted by Gasteiger charge is 2.34. The number of fused-ring (bicyclic) bond motifs is 1. The topological polar surface area (TPSA) is 105 Å². The molecular weight excluding hydrogens is 292 g/mol. The van der Waals surface area contributed by atoms with Gasteiger partial charge in [-0.05, 0) is 24.3 Å². The summed E-state index contributed by atoms with van der Waals surface area (Å²) in [5.74, 6) is -0.410. The average Bonchev–Trinajstić information content (AvgIpc) is 2.46. The molecule has 0 unspecified atom stereocenters. The molecule has 3 N–H and O–H groups in total. The number of para-hydroxylation sites is 2. The second kappa shape index (κ2) is 4.74. The number of nitrogen functional groups attached to an aromatic ring is 1. The minimum Gasteiger partial charge on any atom is -0.396 e. The SMILES string of the molecule is Nc1cccnc1S(=O)(=O)N1CC(=O)Nc2ccccc21. The van der Waals surface area contributed by atoms with Crippen LogP contribution in [-0.2, 0) is 14.8 Å². The number of aromatic nitrogens is 1. The molecule has 0 fully saturated rings. The lowest BCUT2D eigenvalue weighted by Crippen LogP contribution is -2.42. The summed E-state index contributed by atoms with van der Waals surface area (Å²) < 4.78 is 26.5. The van der Waals surface area contributed by atoms with Crippen LogP contribution in [0.2, 0.25) is 0 Å². The minimum atomic E-state index is -4.00. The van der Waals surface area contributed by atoms with Crippen molar-refractivity contribution in [3.8, 4) is 0 Å². The van der Waals surface area contributed by atoms with Crippen LogP contribution in [0.5, 0.6) is 0 Å². The van der Waals surface area contributed by atoms with E-state index in [0.29, 0.717) is 11.4 Å². The Morgan fingerprint density at radius 2 is 1.95 bits per heavy atom. The maximum absolute atomic E-state index is 12.7. The van der Waals surface area contributed by atoms with Crippen LogP contribution >= 0.6 is 0 Å². The summed E-state index contributed by atoms with van der Waals surface area (Å²) in [6.45, 7) is -0.310. The van der Waals surface area contributed by atoms with Crippen molar-refractivity contribution in [2.45, 2.75) is 5.03 Å². The molecule has 7 nitrogen and oxygen atoms in total. The van der Waals surface area contributed by atoms with Gasteiger partial charge in [-0.1, -0.05) is 12.1 Å². The Labute approximate surface area is 121 Å².